The van der Waals surface area contributed by atoms with Gasteiger partial charge in [0.05, 0.1) is 7.11 Å². The fourth-order valence-electron chi connectivity index (χ4n) is 1.72. The smallest absolute Gasteiger partial charge is 0.159 e. The first-order valence-electron chi connectivity index (χ1n) is 5.93. The van der Waals surface area contributed by atoms with Gasteiger partial charge in [-0.2, -0.15) is 0 Å². The van der Waals surface area contributed by atoms with Crippen LogP contribution in [0.3, 0.4) is 0 Å². The Kier molecular flexibility index (Phi) is 4.95. The molecule has 0 atom stereocenters. The van der Waals surface area contributed by atoms with Crippen molar-refractivity contribution in [1.82, 2.24) is 0 Å². The molecule has 0 aromatic heterocycles. The van der Waals surface area contributed by atoms with Crippen LogP contribution in [-0.4, -0.2) is 7.11 Å². The highest BCUT2D eigenvalue weighted by atomic mass is 79.9. The van der Waals surface area contributed by atoms with E-state index in [-0.39, 0.29) is 6.61 Å². The number of rotatable bonds is 5. The Morgan fingerprint density at radius 2 is 1.85 bits per heavy atom. The van der Waals surface area contributed by atoms with Crippen LogP contribution in [0.1, 0.15) is 11.1 Å². The molecule has 0 aliphatic carbocycles. The zero-order valence-corrected chi connectivity index (χ0v) is 12.4. The predicted octanol–water partition coefficient (Wildman–Crippen LogP) is 4.45. The maximum absolute atomic E-state index is 13.1. The van der Waals surface area contributed by atoms with Crippen LogP contribution >= 0.6 is 15.9 Å². The standard InChI is InChI=1S/C15H13BrF2O2/c1-19-12-3-5-15(11(7-12)8-16)20-9-10-2-4-13(17)14(18)6-10/h2-7H,8-9H2,1H3. The number of methoxy groups -OCH3 is 1. The van der Waals surface area contributed by atoms with Gasteiger partial charge in [-0.25, -0.2) is 8.78 Å². The predicted molar refractivity (Wildman–Crippen MR) is 76.3 cm³/mol. The van der Waals surface area contributed by atoms with Gasteiger partial charge >= 0.3 is 0 Å². The van der Waals surface area contributed by atoms with Crippen LogP contribution in [-0.2, 0) is 11.9 Å². The number of benzene rings is 2. The zero-order valence-electron chi connectivity index (χ0n) is 10.8. The molecule has 0 saturated carbocycles. The lowest BCUT2D eigenvalue weighted by Crippen LogP contribution is -1.99. The molecule has 0 fully saturated rings. The molecular weight excluding hydrogens is 330 g/mol. The molecule has 2 rings (SSSR count). The van der Waals surface area contributed by atoms with E-state index in [0.29, 0.717) is 16.6 Å². The molecule has 106 valence electrons. The monoisotopic (exact) mass is 342 g/mol. The molecule has 0 amide bonds. The molecule has 0 heterocycles. The highest BCUT2D eigenvalue weighted by Gasteiger charge is 2.07. The van der Waals surface area contributed by atoms with Gasteiger partial charge in [0.1, 0.15) is 18.1 Å². The first-order valence-corrected chi connectivity index (χ1v) is 7.06. The first kappa shape index (κ1) is 14.8. The van der Waals surface area contributed by atoms with Crippen LogP contribution in [0.2, 0.25) is 0 Å². The van der Waals surface area contributed by atoms with Crippen molar-refractivity contribution in [2.45, 2.75) is 11.9 Å². The van der Waals surface area contributed by atoms with E-state index in [2.05, 4.69) is 15.9 Å². The Bertz CT molecular complexity index is 602. The molecule has 2 aromatic rings. The second-order valence-corrected chi connectivity index (χ2v) is 4.71. The Morgan fingerprint density at radius 1 is 1.05 bits per heavy atom. The minimum absolute atomic E-state index is 0.170. The molecular formula is C15H13BrF2O2. The minimum atomic E-state index is -0.874. The van der Waals surface area contributed by atoms with Gasteiger partial charge in [-0.3, -0.25) is 0 Å². The third kappa shape index (κ3) is 3.48. The van der Waals surface area contributed by atoms with Crippen LogP contribution in [0.15, 0.2) is 36.4 Å². The maximum Gasteiger partial charge on any atom is 0.159 e. The van der Waals surface area contributed by atoms with Gasteiger partial charge in [0.2, 0.25) is 0 Å². The van der Waals surface area contributed by atoms with Gasteiger partial charge in [-0.15, -0.1) is 0 Å². The lowest BCUT2D eigenvalue weighted by Gasteiger charge is -2.11. The number of ether oxygens (including phenoxy) is 2. The molecule has 2 nitrogen and oxygen atoms in total. The molecule has 0 bridgehead atoms. The fourth-order valence-corrected chi connectivity index (χ4v) is 2.16. The summed E-state index contributed by atoms with van der Waals surface area (Å²) in [4.78, 5) is 0. The van der Waals surface area contributed by atoms with Gasteiger partial charge in [0, 0.05) is 10.9 Å². The van der Waals surface area contributed by atoms with Crippen LogP contribution in [0, 0.1) is 11.6 Å². The van der Waals surface area contributed by atoms with Gasteiger partial charge in [0.15, 0.2) is 11.6 Å². The largest absolute Gasteiger partial charge is 0.497 e. The molecule has 0 N–H and O–H groups in total. The number of halogens is 3. The summed E-state index contributed by atoms with van der Waals surface area (Å²) >= 11 is 3.37. The van der Waals surface area contributed by atoms with Crippen molar-refractivity contribution in [2.75, 3.05) is 7.11 Å². The quantitative estimate of drug-likeness (QED) is 0.747. The Balaban J connectivity index is 2.12. The van der Waals surface area contributed by atoms with Crippen molar-refractivity contribution in [2.24, 2.45) is 0 Å². The second-order valence-electron chi connectivity index (χ2n) is 4.14. The van der Waals surface area contributed by atoms with E-state index in [1.54, 1.807) is 19.2 Å². The van der Waals surface area contributed by atoms with Crippen molar-refractivity contribution in [3.05, 3.63) is 59.2 Å². The lowest BCUT2D eigenvalue weighted by molar-refractivity contribution is 0.302. The second kappa shape index (κ2) is 6.70. The zero-order chi connectivity index (χ0) is 14.5. The molecule has 20 heavy (non-hydrogen) atoms. The third-order valence-corrected chi connectivity index (χ3v) is 3.39. The summed E-state index contributed by atoms with van der Waals surface area (Å²) in [5, 5.41) is 0.608. The summed E-state index contributed by atoms with van der Waals surface area (Å²) in [6.45, 7) is 0.170. The summed E-state index contributed by atoms with van der Waals surface area (Å²) in [5.74, 6) is -0.326. The van der Waals surface area contributed by atoms with Crippen LogP contribution in [0.5, 0.6) is 11.5 Å². The fraction of sp³-hybridized carbons (Fsp3) is 0.200. The summed E-state index contributed by atoms with van der Waals surface area (Å²) < 4.78 is 36.7. The van der Waals surface area contributed by atoms with E-state index in [9.17, 15) is 8.78 Å². The topological polar surface area (TPSA) is 18.5 Å². The highest BCUT2D eigenvalue weighted by molar-refractivity contribution is 9.08. The van der Waals surface area contributed by atoms with Gasteiger partial charge < -0.3 is 9.47 Å². The SMILES string of the molecule is COc1ccc(OCc2ccc(F)c(F)c2)c(CBr)c1. The van der Waals surface area contributed by atoms with Gasteiger partial charge in [0.25, 0.3) is 0 Å². The van der Waals surface area contributed by atoms with E-state index in [1.807, 2.05) is 6.07 Å². The van der Waals surface area contributed by atoms with Crippen molar-refractivity contribution in [1.29, 1.82) is 0 Å². The molecule has 5 heteroatoms. The van der Waals surface area contributed by atoms with E-state index in [0.717, 1.165) is 23.4 Å². The lowest BCUT2D eigenvalue weighted by atomic mass is 10.2. The van der Waals surface area contributed by atoms with E-state index in [1.165, 1.54) is 6.07 Å². The van der Waals surface area contributed by atoms with Crippen LogP contribution in [0.4, 0.5) is 8.78 Å². The van der Waals surface area contributed by atoms with Crippen molar-refractivity contribution >= 4 is 15.9 Å². The van der Waals surface area contributed by atoms with Crippen LogP contribution < -0.4 is 9.47 Å². The van der Waals surface area contributed by atoms with Crippen molar-refractivity contribution < 1.29 is 18.3 Å². The molecule has 0 saturated heterocycles. The van der Waals surface area contributed by atoms with Crippen molar-refractivity contribution in [3.63, 3.8) is 0 Å². The third-order valence-electron chi connectivity index (χ3n) is 2.79. The highest BCUT2D eigenvalue weighted by Crippen LogP contribution is 2.27. The molecule has 0 aliphatic heterocycles. The average molecular weight is 343 g/mol. The Hall–Kier alpha value is -1.62. The minimum Gasteiger partial charge on any atom is -0.497 e. The Morgan fingerprint density at radius 3 is 2.50 bits per heavy atom. The average Bonchev–Trinajstić information content (AvgIpc) is 2.48. The molecule has 0 spiro atoms. The summed E-state index contributed by atoms with van der Waals surface area (Å²) in [7, 11) is 1.59. The van der Waals surface area contributed by atoms with Crippen molar-refractivity contribution in [3.8, 4) is 11.5 Å². The summed E-state index contributed by atoms with van der Waals surface area (Å²) in [6.07, 6.45) is 0. The molecule has 0 radical (unpaired) electrons. The summed E-state index contributed by atoms with van der Waals surface area (Å²) in [6, 6.07) is 9.15. The summed E-state index contributed by atoms with van der Waals surface area (Å²) in [5.41, 5.74) is 1.49. The molecule has 2 aromatic carbocycles. The van der Waals surface area contributed by atoms with Gasteiger partial charge in [-0.05, 0) is 35.9 Å². The number of hydrogen-bond donors (Lipinski definition) is 0. The first-order chi connectivity index (χ1) is 9.63. The molecule has 0 unspecified atom stereocenters. The van der Waals surface area contributed by atoms with E-state index < -0.39 is 11.6 Å². The normalized spacial score (nSPS) is 10.4. The van der Waals surface area contributed by atoms with E-state index in [4.69, 9.17) is 9.47 Å². The van der Waals surface area contributed by atoms with E-state index >= 15 is 0 Å². The maximum atomic E-state index is 13.1. The van der Waals surface area contributed by atoms with Gasteiger partial charge in [-0.1, -0.05) is 22.0 Å². The number of alkyl halides is 1. The Labute approximate surface area is 124 Å². The van der Waals surface area contributed by atoms with Crippen LogP contribution in [0.25, 0.3) is 0 Å². The number of hydrogen-bond acceptors (Lipinski definition) is 2. The molecule has 0 aliphatic rings.